The lowest BCUT2D eigenvalue weighted by Gasteiger charge is -2.35. The first-order valence-corrected chi connectivity index (χ1v) is 8.87. The van der Waals surface area contributed by atoms with E-state index in [4.69, 9.17) is 4.74 Å². The molecule has 108 valence electrons. The Hall–Kier alpha value is -0.130. The van der Waals surface area contributed by atoms with Crippen LogP contribution in [-0.2, 0) is 14.6 Å². The Kier molecular flexibility index (Phi) is 6.08. The normalized spacial score (nSPS) is 21.4. The molecule has 0 N–H and O–H groups in total. The molecule has 1 saturated heterocycles. The molecule has 0 bridgehead atoms. The maximum atomic E-state index is 11.3. The second-order valence-electron chi connectivity index (χ2n) is 5.80. The van der Waals surface area contributed by atoms with Crippen LogP contribution in [0.15, 0.2) is 0 Å². The van der Waals surface area contributed by atoms with E-state index in [1.165, 1.54) is 6.26 Å². The van der Waals surface area contributed by atoms with Crippen molar-refractivity contribution in [3.63, 3.8) is 0 Å². The second kappa shape index (κ2) is 6.87. The zero-order valence-electron chi connectivity index (χ0n) is 12.1. The smallest absolute Gasteiger partial charge is 0.148 e. The third-order valence-corrected chi connectivity index (χ3v) is 4.57. The number of sulfone groups is 1. The molecule has 0 spiro atoms. The van der Waals surface area contributed by atoms with E-state index in [0.29, 0.717) is 12.0 Å². The number of nitrogens with zero attached hydrogens (tertiary/aromatic N) is 1. The number of rotatable bonds is 6. The summed E-state index contributed by atoms with van der Waals surface area (Å²) in [4.78, 5) is 2.28. The van der Waals surface area contributed by atoms with Gasteiger partial charge in [0.05, 0.1) is 11.9 Å². The summed E-state index contributed by atoms with van der Waals surface area (Å²) < 4.78 is 28.2. The van der Waals surface area contributed by atoms with E-state index in [1.54, 1.807) is 0 Å². The fourth-order valence-corrected chi connectivity index (χ4v) is 3.52. The van der Waals surface area contributed by atoms with Crippen molar-refractivity contribution in [2.24, 2.45) is 5.92 Å². The summed E-state index contributed by atoms with van der Waals surface area (Å²) in [7, 11) is -2.87. The topological polar surface area (TPSA) is 46.6 Å². The summed E-state index contributed by atoms with van der Waals surface area (Å²) in [6.45, 7) is 8.94. The van der Waals surface area contributed by atoms with E-state index in [-0.39, 0.29) is 11.8 Å². The number of likely N-dealkylation sites (tertiary alicyclic amines) is 1. The molecule has 18 heavy (non-hydrogen) atoms. The minimum Gasteiger partial charge on any atom is -0.379 e. The lowest BCUT2D eigenvalue weighted by Crippen LogP contribution is -2.43. The minimum absolute atomic E-state index is 0.131. The van der Waals surface area contributed by atoms with Crippen LogP contribution >= 0.6 is 0 Å². The molecule has 1 rings (SSSR count). The molecule has 0 amide bonds. The third-order valence-electron chi connectivity index (χ3n) is 3.48. The van der Waals surface area contributed by atoms with E-state index in [9.17, 15) is 8.42 Å². The highest BCUT2D eigenvalue weighted by Crippen LogP contribution is 2.20. The lowest BCUT2D eigenvalue weighted by molar-refractivity contribution is 0.0267. The molecular weight excluding hydrogens is 250 g/mol. The Bertz CT molecular complexity index is 332. The van der Waals surface area contributed by atoms with Crippen molar-refractivity contribution in [2.75, 3.05) is 31.7 Å². The SMILES string of the molecule is CC(C)OCC1CCN(C(C)CS(C)(=O)=O)CC1. The fraction of sp³-hybridized carbons (Fsp3) is 1.00. The number of hydrogen-bond donors (Lipinski definition) is 0. The van der Waals surface area contributed by atoms with Crippen molar-refractivity contribution in [3.05, 3.63) is 0 Å². The van der Waals surface area contributed by atoms with Crippen LogP contribution in [0.4, 0.5) is 0 Å². The Labute approximate surface area is 112 Å². The Morgan fingerprint density at radius 1 is 1.22 bits per heavy atom. The maximum Gasteiger partial charge on any atom is 0.148 e. The van der Waals surface area contributed by atoms with Gasteiger partial charge >= 0.3 is 0 Å². The standard InChI is InChI=1S/C13H27NO3S/c1-11(2)17-9-13-5-7-14(8-6-13)12(3)10-18(4,15)16/h11-13H,5-10H2,1-4H3. The quantitative estimate of drug-likeness (QED) is 0.739. The molecule has 1 unspecified atom stereocenters. The molecule has 0 radical (unpaired) electrons. The third kappa shape index (κ3) is 6.16. The molecule has 1 aliphatic heterocycles. The summed E-state index contributed by atoms with van der Waals surface area (Å²) in [5, 5.41) is 0. The molecule has 5 heteroatoms. The first-order chi connectivity index (χ1) is 8.28. The van der Waals surface area contributed by atoms with E-state index in [0.717, 1.165) is 32.5 Å². The van der Waals surface area contributed by atoms with Gasteiger partial charge in [0.1, 0.15) is 9.84 Å². The van der Waals surface area contributed by atoms with Gasteiger partial charge in [-0.3, -0.25) is 4.90 Å². The zero-order valence-corrected chi connectivity index (χ0v) is 12.9. The van der Waals surface area contributed by atoms with Crippen LogP contribution in [-0.4, -0.2) is 57.2 Å². The molecule has 1 atom stereocenters. The number of piperidine rings is 1. The van der Waals surface area contributed by atoms with Crippen molar-refractivity contribution in [3.8, 4) is 0 Å². The Morgan fingerprint density at radius 2 is 1.78 bits per heavy atom. The van der Waals surface area contributed by atoms with Gasteiger partial charge in [-0.2, -0.15) is 0 Å². The highest BCUT2D eigenvalue weighted by Gasteiger charge is 2.24. The summed E-state index contributed by atoms with van der Waals surface area (Å²) in [6, 6.07) is 0.131. The van der Waals surface area contributed by atoms with Crippen LogP contribution in [0.25, 0.3) is 0 Å². The van der Waals surface area contributed by atoms with Gasteiger partial charge in [0, 0.05) is 18.9 Å². The van der Waals surface area contributed by atoms with Crippen molar-refractivity contribution in [2.45, 2.75) is 45.8 Å². The first-order valence-electron chi connectivity index (χ1n) is 6.81. The summed E-state index contributed by atoms with van der Waals surface area (Å²) >= 11 is 0. The zero-order chi connectivity index (χ0) is 13.8. The van der Waals surface area contributed by atoms with Gasteiger partial charge in [-0.05, 0) is 52.6 Å². The van der Waals surface area contributed by atoms with E-state index in [2.05, 4.69) is 18.7 Å². The van der Waals surface area contributed by atoms with Crippen LogP contribution < -0.4 is 0 Å². The van der Waals surface area contributed by atoms with Crippen molar-refractivity contribution >= 4 is 9.84 Å². The van der Waals surface area contributed by atoms with Gasteiger partial charge in [-0.15, -0.1) is 0 Å². The Morgan fingerprint density at radius 3 is 2.22 bits per heavy atom. The van der Waals surface area contributed by atoms with Crippen LogP contribution in [0.2, 0.25) is 0 Å². The number of hydrogen-bond acceptors (Lipinski definition) is 4. The van der Waals surface area contributed by atoms with E-state index >= 15 is 0 Å². The molecule has 0 aromatic carbocycles. The largest absolute Gasteiger partial charge is 0.379 e. The maximum absolute atomic E-state index is 11.3. The predicted octanol–water partition coefficient (Wildman–Crippen LogP) is 1.56. The van der Waals surface area contributed by atoms with Crippen LogP contribution in [0.5, 0.6) is 0 Å². The molecule has 1 aliphatic rings. The molecule has 1 heterocycles. The van der Waals surface area contributed by atoms with Crippen LogP contribution in [0, 0.1) is 5.92 Å². The molecule has 4 nitrogen and oxygen atoms in total. The average molecular weight is 277 g/mol. The number of ether oxygens (including phenoxy) is 1. The molecule has 0 aliphatic carbocycles. The van der Waals surface area contributed by atoms with Gasteiger partial charge in [-0.1, -0.05) is 0 Å². The lowest BCUT2D eigenvalue weighted by atomic mass is 9.97. The first kappa shape index (κ1) is 15.9. The van der Waals surface area contributed by atoms with Crippen LogP contribution in [0.1, 0.15) is 33.6 Å². The van der Waals surface area contributed by atoms with Crippen molar-refractivity contribution < 1.29 is 13.2 Å². The molecule has 0 aromatic rings. The van der Waals surface area contributed by atoms with Gasteiger partial charge < -0.3 is 4.74 Å². The molecular formula is C13H27NO3S. The summed E-state index contributed by atoms with van der Waals surface area (Å²) in [5.74, 6) is 0.897. The van der Waals surface area contributed by atoms with E-state index < -0.39 is 9.84 Å². The highest BCUT2D eigenvalue weighted by molar-refractivity contribution is 7.90. The molecule has 0 aromatic heterocycles. The highest BCUT2D eigenvalue weighted by atomic mass is 32.2. The summed E-state index contributed by atoms with van der Waals surface area (Å²) in [6.07, 6.45) is 3.83. The minimum atomic E-state index is -2.87. The van der Waals surface area contributed by atoms with Crippen molar-refractivity contribution in [1.29, 1.82) is 0 Å². The molecule has 1 fully saturated rings. The van der Waals surface area contributed by atoms with Gasteiger partial charge in [0.25, 0.3) is 0 Å². The van der Waals surface area contributed by atoms with Crippen LogP contribution in [0.3, 0.4) is 0 Å². The Balaban J connectivity index is 2.30. The van der Waals surface area contributed by atoms with E-state index in [1.807, 2.05) is 6.92 Å². The monoisotopic (exact) mass is 277 g/mol. The van der Waals surface area contributed by atoms with Gasteiger partial charge in [0.15, 0.2) is 0 Å². The van der Waals surface area contributed by atoms with Crippen molar-refractivity contribution in [1.82, 2.24) is 4.90 Å². The second-order valence-corrected chi connectivity index (χ2v) is 7.99. The fourth-order valence-electron chi connectivity index (χ4n) is 2.43. The van der Waals surface area contributed by atoms with Gasteiger partial charge in [-0.25, -0.2) is 8.42 Å². The average Bonchev–Trinajstić information content (AvgIpc) is 2.24. The van der Waals surface area contributed by atoms with Gasteiger partial charge in [0.2, 0.25) is 0 Å². The predicted molar refractivity (Wildman–Crippen MR) is 74.6 cm³/mol. The molecule has 0 saturated carbocycles. The summed E-state index contributed by atoms with van der Waals surface area (Å²) in [5.41, 5.74) is 0.